The first-order valence-electron chi connectivity index (χ1n) is 10.6. The minimum atomic E-state index is -4.81. The molecular weight excluding hydrogens is 497 g/mol. The first-order valence-corrected chi connectivity index (χ1v) is 11.5. The molecule has 0 amide bonds. The monoisotopic (exact) mass is 518 g/mol. The lowest BCUT2D eigenvalue weighted by Gasteiger charge is -2.13. The van der Waals surface area contributed by atoms with Crippen molar-refractivity contribution in [2.24, 2.45) is 0 Å². The molecule has 2 aromatic heterocycles. The van der Waals surface area contributed by atoms with E-state index < -0.39 is 6.36 Å². The summed E-state index contributed by atoms with van der Waals surface area (Å²) in [6.07, 6.45) is 0.179. The van der Waals surface area contributed by atoms with E-state index in [1.165, 1.54) is 35.0 Å². The van der Waals surface area contributed by atoms with Crippen molar-refractivity contribution in [2.75, 3.05) is 27.4 Å². The molecule has 188 valence electrons. The Kier molecular flexibility index (Phi) is 7.61. The van der Waals surface area contributed by atoms with Gasteiger partial charge in [0.05, 0.1) is 25.0 Å². The molecule has 2 aromatic carbocycles. The number of hydrogen-bond donors (Lipinski definition) is 0. The van der Waals surface area contributed by atoms with Gasteiger partial charge in [-0.1, -0.05) is 24.3 Å². The molecule has 0 atom stereocenters. The lowest BCUT2D eigenvalue weighted by atomic mass is 10.0. The zero-order valence-electron chi connectivity index (χ0n) is 19.2. The number of benzene rings is 2. The zero-order chi connectivity index (χ0) is 25.7. The molecule has 0 spiro atoms. The summed E-state index contributed by atoms with van der Waals surface area (Å²) in [5.41, 5.74) is 1.29. The van der Waals surface area contributed by atoms with Crippen molar-refractivity contribution in [3.8, 4) is 28.4 Å². The molecule has 0 fully saturated rings. The van der Waals surface area contributed by atoms with Crippen LogP contribution in [0.15, 0.2) is 58.8 Å². The van der Waals surface area contributed by atoms with Gasteiger partial charge in [-0.05, 0) is 35.9 Å². The summed E-state index contributed by atoms with van der Waals surface area (Å²) in [5, 5.41) is 1.73. The van der Waals surface area contributed by atoms with Crippen LogP contribution < -0.4 is 19.8 Å². The normalized spacial score (nSPS) is 11.8. The van der Waals surface area contributed by atoms with Crippen LogP contribution in [0.25, 0.3) is 28.2 Å². The number of rotatable bonds is 9. The Bertz CT molecular complexity index is 1430. The van der Waals surface area contributed by atoms with Crippen molar-refractivity contribution < 1.29 is 32.1 Å². The van der Waals surface area contributed by atoms with E-state index in [1.54, 1.807) is 43.0 Å². The predicted octanol–water partition coefficient (Wildman–Crippen LogP) is 5.53. The number of hydrogen-bond acceptors (Lipinski definition) is 7. The molecule has 0 radical (unpaired) electrons. The number of ether oxygens (including phenoxy) is 4. The second-order valence-electron chi connectivity index (χ2n) is 7.36. The van der Waals surface area contributed by atoms with E-state index in [9.17, 15) is 18.0 Å². The lowest BCUT2D eigenvalue weighted by molar-refractivity contribution is -0.274. The van der Waals surface area contributed by atoms with Gasteiger partial charge in [-0.25, -0.2) is 4.98 Å². The van der Waals surface area contributed by atoms with Gasteiger partial charge in [0.1, 0.15) is 12.4 Å². The number of fused-ring (bicyclic) bond motifs is 1. The maximum atomic E-state index is 13.3. The Labute approximate surface area is 208 Å². The molecule has 7 nitrogen and oxygen atoms in total. The van der Waals surface area contributed by atoms with Gasteiger partial charge in [0.2, 0.25) is 0 Å². The summed E-state index contributed by atoms with van der Waals surface area (Å²) in [7, 11) is 3.10. The van der Waals surface area contributed by atoms with E-state index in [2.05, 4.69) is 9.72 Å². The highest BCUT2D eigenvalue weighted by molar-refractivity contribution is 7.15. The van der Waals surface area contributed by atoms with Crippen LogP contribution in [0.3, 0.4) is 0 Å². The molecule has 0 unspecified atom stereocenters. The molecule has 4 rings (SSSR count). The minimum absolute atomic E-state index is 0.227. The van der Waals surface area contributed by atoms with Crippen molar-refractivity contribution in [2.45, 2.75) is 6.36 Å². The zero-order valence-corrected chi connectivity index (χ0v) is 20.1. The van der Waals surface area contributed by atoms with E-state index in [4.69, 9.17) is 14.2 Å². The predicted molar refractivity (Wildman–Crippen MR) is 131 cm³/mol. The quantitative estimate of drug-likeness (QED) is 0.272. The lowest BCUT2D eigenvalue weighted by Crippen LogP contribution is -2.18. The SMILES string of the molecule is COCCOc1c(C=Cc2nc3sccn3c(=O)c2-c2ccc(OC(F)(F)F)cc2)cccc1OC. The smallest absolute Gasteiger partial charge is 0.493 e. The molecule has 0 saturated heterocycles. The second-order valence-corrected chi connectivity index (χ2v) is 8.23. The van der Waals surface area contributed by atoms with Gasteiger partial charge in [-0.3, -0.25) is 9.20 Å². The van der Waals surface area contributed by atoms with Crippen LogP contribution in [0.2, 0.25) is 0 Å². The van der Waals surface area contributed by atoms with Gasteiger partial charge in [0, 0.05) is 24.3 Å². The van der Waals surface area contributed by atoms with Gasteiger partial charge in [0.25, 0.3) is 5.56 Å². The molecule has 0 aliphatic rings. The fraction of sp³-hybridized carbons (Fsp3) is 0.200. The largest absolute Gasteiger partial charge is 0.573 e. The summed E-state index contributed by atoms with van der Waals surface area (Å²) < 4.78 is 59.3. The van der Waals surface area contributed by atoms with Crippen LogP contribution in [-0.4, -0.2) is 43.2 Å². The Balaban J connectivity index is 1.78. The van der Waals surface area contributed by atoms with Crippen molar-refractivity contribution in [3.63, 3.8) is 0 Å². The molecule has 0 saturated carbocycles. The summed E-state index contributed by atoms with van der Waals surface area (Å²) in [5.74, 6) is 0.634. The number of halogens is 3. The highest BCUT2D eigenvalue weighted by Crippen LogP contribution is 2.33. The van der Waals surface area contributed by atoms with Gasteiger partial charge < -0.3 is 18.9 Å². The summed E-state index contributed by atoms with van der Waals surface area (Å²) >= 11 is 1.29. The minimum Gasteiger partial charge on any atom is -0.493 e. The van der Waals surface area contributed by atoms with Crippen molar-refractivity contribution >= 4 is 28.4 Å². The molecule has 11 heteroatoms. The van der Waals surface area contributed by atoms with Crippen molar-refractivity contribution in [3.05, 3.63) is 75.7 Å². The topological polar surface area (TPSA) is 71.3 Å². The van der Waals surface area contributed by atoms with Crippen LogP contribution in [0, 0.1) is 0 Å². The van der Waals surface area contributed by atoms with E-state index >= 15 is 0 Å². The van der Waals surface area contributed by atoms with E-state index in [0.717, 1.165) is 12.1 Å². The first-order chi connectivity index (χ1) is 17.3. The molecule has 0 N–H and O–H groups in total. The van der Waals surface area contributed by atoms with Crippen molar-refractivity contribution in [1.29, 1.82) is 0 Å². The summed E-state index contributed by atoms with van der Waals surface area (Å²) in [4.78, 5) is 18.4. The third-order valence-electron chi connectivity index (χ3n) is 5.05. The fourth-order valence-corrected chi connectivity index (χ4v) is 4.20. The number of nitrogens with zero attached hydrogens (tertiary/aromatic N) is 2. The van der Waals surface area contributed by atoms with E-state index in [1.807, 2.05) is 6.07 Å². The van der Waals surface area contributed by atoms with Crippen LogP contribution >= 0.6 is 11.3 Å². The van der Waals surface area contributed by atoms with E-state index in [-0.39, 0.29) is 16.9 Å². The molecule has 36 heavy (non-hydrogen) atoms. The van der Waals surface area contributed by atoms with Gasteiger partial charge in [-0.2, -0.15) is 0 Å². The third-order valence-corrected chi connectivity index (χ3v) is 5.81. The molecule has 0 bridgehead atoms. The van der Waals surface area contributed by atoms with Gasteiger partial charge in [-0.15, -0.1) is 24.5 Å². The highest BCUT2D eigenvalue weighted by Gasteiger charge is 2.31. The molecule has 0 aliphatic heterocycles. The number of alkyl halides is 3. The second kappa shape index (κ2) is 10.8. The average molecular weight is 519 g/mol. The van der Waals surface area contributed by atoms with Gasteiger partial charge >= 0.3 is 6.36 Å². The maximum Gasteiger partial charge on any atom is 0.573 e. The number of aromatic nitrogens is 2. The molecule has 0 aliphatic carbocycles. The molecule has 4 aromatic rings. The Morgan fingerprint density at radius 1 is 1.06 bits per heavy atom. The van der Waals surface area contributed by atoms with Crippen LogP contribution in [0.1, 0.15) is 11.3 Å². The Morgan fingerprint density at radius 2 is 1.83 bits per heavy atom. The number of para-hydroxylation sites is 1. The average Bonchev–Trinajstić information content (AvgIpc) is 3.32. The Morgan fingerprint density at radius 3 is 2.53 bits per heavy atom. The van der Waals surface area contributed by atoms with Crippen LogP contribution in [0.4, 0.5) is 13.2 Å². The summed E-state index contributed by atoms with van der Waals surface area (Å²) in [6.45, 7) is 0.683. The molecular formula is C25H21F3N2O5S. The van der Waals surface area contributed by atoms with Gasteiger partial charge in [0.15, 0.2) is 16.5 Å². The standard InChI is InChI=1S/C25H21F3N2O5S/c1-32-13-14-34-22-17(4-3-5-20(22)33-2)8-11-19-21(23(31)30-12-15-36-24(30)29-19)16-6-9-18(10-7-16)35-25(26,27)28/h3-12,15H,13-14H2,1-2H3. The Hall–Kier alpha value is -3.83. The van der Waals surface area contributed by atoms with Crippen LogP contribution in [0.5, 0.6) is 17.2 Å². The maximum absolute atomic E-state index is 13.3. The van der Waals surface area contributed by atoms with Crippen molar-refractivity contribution in [1.82, 2.24) is 9.38 Å². The highest BCUT2D eigenvalue weighted by atomic mass is 32.1. The van der Waals surface area contributed by atoms with E-state index in [0.29, 0.717) is 46.5 Å². The number of thiazole rings is 1. The number of methoxy groups -OCH3 is 2. The third kappa shape index (κ3) is 5.69. The van der Waals surface area contributed by atoms with Crippen LogP contribution in [-0.2, 0) is 4.74 Å². The summed E-state index contributed by atoms with van der Waals surface area (Å²) in [6, 6.07) is 10.5. The first kappa shape index (κ1) is 25.3. The fourth-order valence-electron chi connectivity index (χ4n) is 3.49. The molecule has 2 heterocycles.